The maximum absolute atomic E-state index is 5.37. The Morgan fingerprint density at radius 2 is 2.22 bits per heavy atom. The van der Waals surface area contributed by atoms with Crippen LogP contribution in [0.5, 0.6) is 5.75 Å². The summed E-state index contributed by atoms with van der Waals surface area (Å²) < 4.78 is 5.37. The molecule has 0 saturated heterocycles. The predicted molar refractivity (Wildman–Crippen MR) is 84.9 cm³/mol. The van der Waals surface area contributed by atoms with Crippen molar-refractivity contribution in [1.29, 1.82) is 0 Å². The Morgan fingerprint density at radius 3 is 2.83 bits per heavy atom. The van der Waals surface area contributed by atoms with Crippen LogP contribution in [0.1, 0.15) is 11.1 Å². The van der Waals surface area contributed by atoms with Gasteiger partial charge in [0.2, 0.25) is 0 Å². The van der Waals surface area contributed by atoms with E-state index in [2.05, 4.69) is 40.3 Å². The minimum Gasteiger partial charge on any atom is -0.496 e. The fourth-order valence-electron chi connectivity index (χ4n) is 1.90. The van der Waals surface area contributed by atoms with E-state index in [1.165, 1.54) is 5.56 Å². The third-order valence-corrected chi connectivity index (χ3v) is 2.94. The van der Waals surface area contributed by atoms with Gasteiger partial charge in [0.25, 0.3) is 0 Å². The second kappa shape index (κ2) is 6.82. The number of ether oxygens (including phenoxy) is 1. The molecule has 1 aromatic rings. The van der Waals surface area contributed by atoms with Crippen molar-refractivity contribution in [3.05, 3.63) is 29.3 Å². The van der Waals surface area contributed by atoms with Crippen molar-refractivity contribution in [2.45, 2.75) is 13.5 Å². The lowest BCUT2D eigenvalue weighted by Crippen LogP contribution is -2.35. The average molecular weight is 361 g/mol. The van der Waals surface area contributed by atoms with E-state index in [9.17, 15) is 0 Å². The molecular formula is C13H20IN3O. The van der Waals surface area contributed by atoms with E-state index in [1.807, 2.05) is 7.05 Å². The Kier molecular flexibility index (Phi) is 5.71. The highest BCUT2D eigenvalue weighted by Crippen LogP contribution is 2.19. The third-order valence-electron chi connectivity index (χ3n) is 2.94. The zero-order valence-corrected chi connectivity index (χ0v) is 13.4. The summed E-state index contributed by atoms with van der Waals surface area (Å²) in [7, 11) is 3.75. The van der Waals surface area contributed by atoms with Gasteiger partial charge in [0.15, 0.2) is 5.96 Å². The Bertz CT molecular complexity index is 434. The minimum absolute atomic E-state index is 0. The summed E-state index contributed by atoms with van der Waals surface area (Å²) in [6.45, 7) is 4.68. The van der Waals surface area contributed by atoms with Crippen LogP contribution in [0, 0.1) is 6.92 Å². The summed E-state index contributed by atoms with van der Waals surface area (Å²) in [5.74, 6) is 1.89. The molecule has 1 heterocycles. The summed E-state index contributed by atoms with van der Waals surface area (Å²) >= 11 is 0. The first kappa shape index (κ1) is 15.1. The molecule has 0 saturated carbocycles. The van der Waals surface area contributed by atoms with Gasteiger partial charge in [0, 0.05) is 25.7 Å². The van der Waals surface area contributed by atoms with Crippen LogP contribution < -0.4 is 10.1 Å². The molecule has 0 amide bonds. The van der Waals surface area contributed by atoms with Gasteiger partial charge in [-0.2, -0.15) is 0 Å². The highest BCUT2D eigenvalue weighted by molar-refractivity contribution is 14.0. The highest BCUT2D eigenvalue weighted by Gasteiger charge is 2.12. The van der Waals surface area contributed by atoms with Crippen LogP contribution in [0.4, 0.5) is 0 Å². The number of rotatable bonds is 3. The summed E-state index contributed by atoms with van der Waals surface area (Å²) in [5, 5.41) is 3.34. The third kappa shape index (κ3) is 3.51. The van der Waals surface area contributed by atoms with Gasteiger partial charge < -0.3 is 15.0 Å². The van der Waals surface area contributed by atoms with E-state index >= 15 is 0 Å². The molecular weight excluding hydrogens is 341 g/mol. The van der Waals surface area contributed by atoms with E-state index in [4.69, 9.17) is 4.74 Å². The standard InChI is InChI=1S/C13H19N3O.HI/c1-10-4-5-11(12(8-10)17-3)9-15-13-14-6-7-16(13)2;/h4-5,8H,6-7,9H2,1-3H3,(H,14,15);1H. The van der Waals surface area contributed by atoms with E-state index < -0.39 is 0 Å². The number of halogens is 1. The molecule has 0 aromatic heterocycles. The summed E-state index contributed by atoms with van der Waals surface area (Å²) in [5.41, 5.74) is 2.36. The lowest BCUT2D eigenvalue weighted by Gasteiger charge is -2.16. The van der Waals surface area contributed by atoms with Crippen molar-refractivity contribution < 1.29 is 4.74 Å². The van der Waals surface area contributed by atoms with Gasteiger partial charge >= 0.3 is 0 Å². The van der Waals surface area contributed by atoms with E-state index in [0.717, 1.165) is 36.9 Å². The van der Waals surface area contributed by atoms with Crippen LogP contribution in [-0.2, 0) is 6.54 Å². The lowest BCUT2D eigenvalue weighted by molar-refractivity contribution is 0.408. The van der Waals surface area contributed by atoms with Crippen LogP contribution in [0.25, 0.3) is 0 Å². The zero-order valence-electron chi connectivity index (χ0n) is 11.1. The zero-order chi connectivity index (χ0) is 12.3. The number of likely N-dealkylation sites (N-methyl/N-ethyl adjacent to an activating group) is 1. The van der Waals surface area contributed by atoms with Gasteiger partial charge in [-0.25, -0.2) is 0 Å². The van der Waals surface area contributed by atoms with Crippen LogP contribution in [0.3, 0.4) is 0 Å². The van der Waals surface area contributed by atoms with E-state index in [0.29, 0.717) is 0 Å². The predicted octanol–water partition coefficient (Wildman–Crippen LogP) is 2.01. The Hall–Kier alpha value is -0.980. The first-order valence-electron chi connectivity index (χ1n) is 5.83. The number of hydrogen-bond acceptors (Lipinski definition) is 4. The molecule has 4 nitrogen and oxygen atoms in total. The monoisotopic (exact) mass is 361 g/mol. The van der Waals surface area contributed by atoms with Gasteiger partial charge in [-0.3, -0.25) is 4.99 Å². The van der Waals surface area contributed by atoms with Gasteiger partial charge in [-0.1, -0.05) is 12.1 Å². The van der Waals surface area contributed by atoms with Crippen molar-refractivity contribution in [1.82, 2.24) is 10.2 Å². The molecule has 0 fully saturated rings. The average Bonchev–Trinajstić information content (AvgIpc) is 2.73. The molecule has 1 N–H and O–H groups in total. The number of nitrogens with one attached hydrogen (secondary N) is 1. The molecule has 0 radical (unpaired) electrons. The number of nitrogens with zero attached hydrogens (tertiary/aromatic N) is 2. The first-order chi connectivity index (χ1) is 8.20. The summed E-state index contributed by atoms with van der Waals surface area (Å²) in [6, 6.07) is 6.24. The Labute approximate surface area is 125 Å². The van der Waals surface area contributed by atoms with Crippen molar-refractivity contribution in [3.63, 3.8) is 0 Å². The molecule has 100 valence electrons. The second-order valence-corrected chi connectivity index (χ2v) is 4.30. The fourth-order valence-corrected chi connectivity index (χ4v) is 1.90. The second-order valence-electron chi connectivity index (χ2n) is 4.30. The van der Waals surface area contributed by atoms with Crippen LogP contribution in [0.2, 0.25) is 0 Å². The Morgan fingerprint density at radius 1 is 1.44 bits per heavy atom. The van der Waals surface area contributed by atoms with Gasteiger partial charge in [0.1, 0.15) is 5.75 Å². The molecule has 18 heavy (non-hydrogen) atoms. The molecule has 1 aliphatic rings. The van der Waals surface area contributed by atoms with Crippen molar-refractivity contribution in [2.24, 2.45) is 4.99 Å². The SMILES string of the molecule is COc1cc(C)ccc1CNC1=NCCN1C.I. The molecule has 5 heteroatoms. The Balaban J connectivity index is 0.00000162. The number of benzene rings is 1. The quantitative estimate of drug-likeness (QED) is 0.837. The first-order valence-corrected chi connectivity index (χ1v) is 5.83. The van der Waals surface area contributed by atoms with E-state index in [1.54, 1.807) is 7.11 Å². The molecule has 2 rings (SSSR count). The number of hydrogen-bond donors (Lipinski definition) is 1. The van der Waals surface area contributed by atoms with Crippen molar-refractivity contribution >= 4 is 29.9 Å². The van der Waals surface area contributed by atoms with Gasteiger partial charge in [-0.05, 0) is 18.6 Å². The van der Waals surface area contributed by atoms with Crippen LogP contribution in [0.15, 0.2) is 23.2 Å². The normalized spacial score (nSPS) is 13.9. The molecule has 0 unspecified atom stereocenters. The number of aliphatic imine (C=N–C) groups is 1. The lowest BCUT2D eigenvalue weighted by atomic mass is 10.1. The highest BCUT2D eigenvalue weighted by atomic mass is 127. The summed E-state index contributed by atoms with van der Waals surface area (Å²) in [6.07, 6.45) is 0. The smallest absolute Gasteiger partial charge is 0.194 e. The van der Waals surface area contributed by atoms with Crippen molar-refractivity contribution in [3.8, 4) is 5.75 Å². The number of aryl methyl sites for hydroxylation is 1. The molecule has 0 aliphatic carbocycles. The maximum Gasteiger partial charge on any atom is 0.194 e. The number of guanidine groups is 1. The molecule has 0 atom stereocenters. The van der Waals surface area contributed by atoms with Gasteiger partial charge in [0.05, 0.1) is 13.7 Å². The number of methoxy groups -OCH3 is 1. The molecule has 0 bridgehead atoms. The van der Waals surface area contributed by atoms with Crippen molar-refractivity contribution in [2.75, 3.05) is 27.2 Å². The largest absolute Gasteiger partial charge is 0.496 e. The van der Waals surface area contributed by atoms with Crippen LogP contribution >= 0.6 is 24.0 Å². The van der Waals surface area contributed by atoms with Gasteiger partial charge in [-0.15, -0.1) is 24.0 Å². The molecule has 1 aromatic carbocycles. The maximum atomic E-state index is 5.37. The summed E-state index contributed by atoms with van der Waals surface area (Å²) in [4.78, 5) is 6.52. The minimum atomic E-state index is 0. The van der Waals surface area contributed by atoms with Crippen LogP contribution in [-0.4, -0.2) is 38.1 Å². The topological polar surface area (TPSA) is 36.9 Å². The fraction of sp³-hybridized carbons (Fsp3) is 0.462. The molecule has 0 spiro atoms. The van der Waals surface area contributed by atoms with E-state index in [-0.39, 0.29) is 24.0 Å². The molecule has 1 aliphatic heterocycles.